The van der Waals surface area contributed by atoms with Gasteiger partial charge in [-0.05, 0) is 44.5 Å². The van der Waals surface area contributed by atoms with E-state index in [9.17, 15) is 4.79 Å². The minimum atomic E-state index is 0.0863. The molecule has 1 atom stereocenters. The van der Waals surface area contributed by atoms with Gasteiger partial charge in [0.25, 0.3) is 0 Å². The molecule has 15 heavy (non-hydrogen) atoms. The van der Waals surface area contributed by atoms with E-state index >= 15 is 0 Å². The van der Waals surface area contributed by atoms with Gasteiger partial charge in [-0.3, -0.25) is 4.79 Å². The monoisotopic (exact) mass is 206 g/mol. The maximum Gasteiger partial charge on any atom is 0.159 e. The molecule has 1 aromatic carbocycles. The highest BCUT2D eigenvalue weighted by Crippen LogP contribution is 2.15. The van der Waals surface area contributed by atoms with Crippen molar-refractivity contribution in [1.29, 1.82) is 0 Å². The van der Waals surface area contributed by atoms with E-state index in [2.05, 4.69) is 13.8 Å². The zero-order valence-electron chi connectivity index (χ0n) is 9.62. The Balaban J connectivity index is 2.60. The number of carbonyl (C=O) groups is 1. The van der Waals surface area contributed by atoms with Gasteiger partial charge in [-0.2, -0.15) is 0 Å². The normalized spacial score (nSPS) is 12.2. The van der Waals surface area contributed by atoms with Crippen LogP contribution in [0.4, 0.5) is 0 Å². The van der Waals surface area contributed by atoms with Gasteiger partial charge in [0.2, 0.25) is 0 Å². The van der Waals surface area contributed by atoms with E-state index in [-0.39, 0.29) is 11.9 Å². The second kappa shape index (κ2) is 5.54. The van der Waals surface area contributed by atoms with Crippen molar-refractivity contribution in [2.75, 3.05) is 0 Å². The van der Waals surface area contributed by atoms with Crippen LogP contribution in [0.1, 0.15) is 44.0 Å². The van der Waals surface area contributed by atoms with E-state index in [0.717, 1.165) is 24.2 Å². The number of hydrogen-bond acceptors (Lipinski definition) is 2. The molecule has 2 nitrogen and oxygen atoms in total. The van der Waals surface area contributed by atoms with E-state index in [0.29, 0.717) is 0 Å². The SMILES string of the molecule is CCCC(C)Oc1ccc(C(C)=O)cc1. The van der Waals surface area contributed by atoms with Crippen LogP contribution in [0.3, 0.4) is 0 Å². The summed E-state index contributed by atoms with van der Waals surface area (Å²) in [4.78, 5) is 11.0. The van der Waals surface area contributed by atoms with Crippen molar-refractivity contribution in [3.05, 3.63) is 29.8 Å². The van der Waals surface area contributed by atoms with Gasteiger partial charge in [0.15, 0.2) is 5.78 Å². The molecular formula is C13H18O2. The fraction of sp³-hybridized carbons (Fsp3) is 0.462. The fourth-order valence-electron chi connectivity index (χ4n) is 1.47. The van der Waals surface area contributed by atoms with Crippen LogP contribution in [-0.2, 0) is 0 Å². The Hall–Kier alpha value is -1.31. The molecule has 82 valence electrons. The lowest BCUT2D eigenvalue weighted by atomic mass is 10.1. The van der Waals surface area contributed by atoms with Gasteiger partial charge in [0, 0.05) is 5.56 Å². The summed E-state index contributed by atoms with van der Waals surface area (Å²) in [5.74, 6) is 0.920. The summed E-state index contributed by atoms with van der Waals surface area (Å²) in [6, 6.07) is 7.30. The van der Waals surface area contributed by atoms with Crippen LogP contribution in [-0.4, -0.2) is 11.9 Å². The van der Waals surface area contributed by atoms with Crippen molar-refractivity contribution in [1.82, 2.24) is 0 Å². The van der Waals surface area contributed by atoms with Crippen molar-refractivity contribution in [3.63, 3.8) is 0 Å². The molecule has 1 unspecified atom stereocenters. The maximum absolute atomic E-state index is 11.0. The summed E-state index contributed by atoms with van der Waals surface area (Å²) in [7, 11) is 0. The summed E-state index contributed by atoms with van der Waals surface area (Å²) in [6.07, 6.45) is 2.40. The third kappa shape index (κ3) is 3.74. The van der Waals surface area contributed by atoms with Crippen molar-refractivity contribution >= 4 is 5.78 Å². The molecule has 2 heteroatoms. The molecule has 1 aromatic rings. The lowest BCUT2D eigenvalue weighted by Crippen LogP contribution is -2.10. The molecule has 0 saturated heterocycles. The van der Waals surface area contributed by atoms with E-state index in [1.54, 1.807) is 19.1 Å². The fourth-order valence-corrected chi connectivity index (χ4v) is 1.47. The number of hydrogen-bond donors (Lipinski definition) is 0. The van der Waals surface area contributed by atoms with E-state index < -0.39 is 0 Å². The van der Waals surface area contributed by atoms with Crippen LogP contribution in [0.2, 0.25) is 0 Å². The van der Waals surface area contributed by atoms with Crippen LogP contribution in [0, 0.1) is 0 Å². The van der Waals surface area contributed by atoms with Gasteiger partial charge in [-0.15, -0.1) is 0 Å². The minimum absolute atomic E-state index is 0.0863. The van der Waals surface area contributed by atoms with Crippen molar-refractivity contribution < 1.29 is 9.53 Å². The number of ketones is 1. The second-order valence-corrected chi connectivity index (χ2v) is 3.80. The molecular weight excluding hydrogens is 188 g/mol. The number of carbonyl (C=O) groups excluding carboxylic acids is 1. The zero-order valence-corrected chi connectivity index (χ0v) is 9.62. The summed E-state index contributed by atoms with van der Waals surface area (Å²) in [5, 5.41) is 0. The van der Waals surface area contributed by atoms with Crippen molar-refractivity contribution in [2.45, 2.75) is 39.7 Å². The Morgan fingerprint density at radius 3 is 2.40 bits per heavy atom. The average molecular weight is 206 g/mol. The molecule has 0 N–H and O–H groups in total. The van der Waals surface area contributed by atoms with Crippen LogP contribution >= 0.6 is 0 Å². The molecule has 0 spiro atoms. The summed E-state index contributed by atoms with van der Waals surface area (Å²) < 4.78 is 5.68. The Morgan fingerprint density at radius 1 is 1.33 bits per heavy atom. The molecule has 0 aliphatic carbocycles. The molecule has 0 aromatic heterocycles. The number of rotatable bonds is 5. The topological polar surface area (TPSA) is 26.3 Å². The van der Waals surface area contributed by atoms with Crippen LogP contribution in [0.5, 0.6) is 5.75 Å². The van der Waals surface area contributed by atoms with Gasteiger partial charge in [0.05, 0.1) is 6.10 Å². The predicted molar refractivity (Wildman–Crippen MR) is 61.4 cm³/mol. The molecule has 0 saturated carbocycles. The van der Waals surface area contributed by atoms with Crippen molar-refractivity contribution in [2.24, 2.45) is 0 Å². The van der Waals surface area contributed by atoms with Crippen LogP contribution < -0.4 is 4.74 Å². The molecule has 0 heterocycles. The zero-order chi connectivity index (χ0) is 11.3. The van der Waals surface area contributed by atoms with Gasteiger partial charge in [0.1, 0.15) is 5.75 Å². The molecule has 0 radical (unpaired) electrons. The molecule has 0 amide bonds. The van der Waals surface area contributed by atoms with E-state index in [1.165, 1.54) is 0 Å². The highest BCUT2D eigenvalue weighted by Gasteiger charge is 2.03. The Morgan fingerprint density at radius 2 is 1.93 bits per heavy atom. The smallest absolute Gasteiger partial charge is 0.159 e. The first-order chi connectivity index (χ1) is 7.13. The second-order valence-electron chi connectivity index (χ2n) is 3.80. The van der Waals surface area contributed by atoms with Gasteiger partial charge < -0.3 is 4.74 Å². The predicted octanol–water partition coefficient (Wildman–Crippen LogP) is 3.46. The summed E-state index contributed by atoms with van der Waals surface area (Å²) in [6.45, 7) is 5.76. The first-order valence-corrected chi connectivity index (χ1v) is 5.41. The molecule has 0 bridgehead atoms. The maximum atomic E-state index is 11.0. The summed E-state index contributed by atoms with van der Waals surface area (Å²) >= 11 is 0. The third-order valence-electron chi connectivity index (χ3n) is 2.29. The van der Waals surface area contributed by atoms with E-state index in [4.69, 9.17) is 4.74 Å². The van der Waals surface area contributed by atoms with Crippen LogP contribution in [0.25, 0.3) is 0 Å². The van der Waals surface area contributed by atoms with Gasteiger partial charge >= 0.3 is 0 Å². The number of benzene rings is 1. The Kier molecular flexibility index (Phi) is 4.35. The van der Waals surface area contributed by atoms with Gasteiger partial charge in [-0.25, -0.2) is 0 Å². The molecule has 0 fully saturated rings. The van der Waals surface area contributed by atoms with E-state index in [1.807, 2.05) is 12.1 Å². The lowest BCUT2D eigenvalue weighted by Gasteiger charge is -2.13. The molecule has 0 aliphatic rings. The molecule has 0 aliphatic heterocycles. The Labute approximate surface area is 91.3 Å². The largest absolute Gasteiger partial charge is 0.491 e. The summed E-state index contributed by atoms with van der Waals surface area (Å²) in [5.41, 5.74) is 0.727. The molecule has 1 rings (SSSR count). The van der Waals surface area contributed by atoms with Crippen molar-refractivity contribution in [3.8, 4) is 5.75 Å². The minimum Gasteiger partial charge on any atom is -0.491 e. The average Bonchev–Trinajstić information content (AvgIpc) is 2.18. The highest BCUT2D eigenvalue weighted by atomic mass is 16.5. The first kappa shape index (κ1) is 11.8. The number of ether oxygens (including phenoxy) is 1. The number of Topliss-reactive ketones (excluding diaryl/α,β-unsaturated/α-hetero) is 1. The first-order valence-electron chi connectivity index (χ1n) is 5.41. The lowest BCUT2D eigenvalue weighted by molar-refractivity contribution is 0.101. The quantitative estimate of drug-likeness (QED) is 0.690. The van der Waals surface area contributed by atoms with Crippen LogP contribution in [0.15, 0.2) is 24.3 Å². The Bertz CT molecular complexity index is 314. The standard InChI is InChI=1S/C13H18O2/c1-4-5-10(2)15-13-8-6-12(7-9-13)11(3)14/h6-10H,4-5H2,1-3H3. The third-order valence-corrected chi connectivity index (χ3v) is 2.29. The highest BCUT2D eigenvalue weighted by molar-refractivity contribution is 5.94. The van der Waals surface area contributed by atoms with Gasteiger partial charge in [-0.1, -0.05) is 13.3 Å².